The second-order valence-corrected chi connectivity index (χ2v) is 10.8. The largest absolute Gasteiger partial charge is 0.352 e. The normalized spacial score (nSPS) is 14.1. The molecule has 0 aliphatic carbocycles. The van der Waals surface area contributed by atoms with E-state index in [1.165, 1.54) is 16.0 Å². The minimum atomic E-state index is -0.0258. The van der Waals surface area contributed by atoms with Crippen LogP contribution in [0.5, 0.6) is 0 Å². The fourth-order valence-corrected chi connectivity index (χ4v) is 5.79. The molecule has 4 aromatic rings. The van der Waals surface area contributed by atoms with Crippen LogP contribution < -0.4 is 4.90 Å². The molecule has 3 heterocycles. The smallest absolute Gasteiger partial charge is 0.254 e. The highest BCUT2D eigenvalue weighted by Crippen LogP contribution is 2.35. The van der Waals surface area contributed by atoms with E-state index in [1.807, 2.05) is 11.0 Å². The third-order valence-electron chi connectivity index (χ3n) is 6.57. The number of halogens is 2. The Morgan fingerprint density at radius 1 is 0.943 bits per heavy atom. The van der Waals surface area contributed by atoms with E-state index in [0.29, 0.717) is 41.8 Å². The average Bonchev–Trinajstić information content (AvgIpc) is 3.17. The quantitative estimate of drug-likeness (QED) is 0.304. The van der Waals surface area contributed by atoms with E-state index in [2.05, 4.69) is 43.0 Å². The first-order chi connectivity index (χ1) is 16.9. The Kier molecular flexibility index (Phi) is 6.96. The van der Waals surface area contributed by atoms with Gasteiger partial charge in [-0.1, -0.05) is 53.5 Å². The maximum Gasteiger partial charge on any atom is 0.254 e. The van der Waals surface area contributed by atoms with Crippen LogP contribution in [0.3, 0.4) is 0 Å². The zero-order valence-electron chi connectivity index (χ0n) is 19.7. The molecular formula is C27H26Cl2N4OS. The number of anilines is 1. The number of nitrogens with zero attached hydrogens (tertiary/aromatic N) is 4. The number of amides is 1. The van der Waals surface area contributed by atoms with Gasteiger partial charge in [0.25, 0.3) is 5.91 Å². The van der Waals surface area contributed by atoms with Gasteiger partial charge in [0.1, 0.15) is 16.5 Å². The summed E-state index contributed by atoms with van der Waals surface area (Å²) in [5.74, 6) is 1.83. The summed E-state index contributed by atoms with van der Waals surface area (Å²) < 4.78 is 0. The molecule has 1 aliphatic rings. The van der Waals surface area contributed by atoms with Crippen molar-refractivity contribution in [2.24, 2.45) is 0 Å². The van der Waals surface area contributed by atoms with Gasteiger partial charge in [-0.3, -0.25) is 4.79 Å². The number of carbonyl (C=O) groups excluding carboxylic acids is 1. The van der Waals surface area contributed by atoms with E-state index in [4.69, 9.17) is 33.2 Å². The van der Waals surface area contributed by atoms with Crippen LogP contribution in [0.1, 0.15) is 32.2 Å². The molecule has 1 aliphatic heterocycles. The number of aryl methyl sites for hydroxylation is 4. The lowest BCUT2D eigenvalue weighted by Crippen LogP contribution is -2.49. The van der Waals surface area contributed by atoms with Crippen molar-refractivity contribution in [1.82, 2.24) is 14.9 Å². The number of carbonyl (C=O) groups is 1. The maximum absolute atomic E-state index is 13.0. The standard InChI is InChI=1S/C27H26Cl2N4OS/c1-17-18(2)35-26-24(17)25(30-23(31-26)11-8-19-6-4-3-5-7-19)32-12-14-33(15-13-32)27(34)20-9-10-21(28)22(29)16-20/h3-7,9-10,16H,8,11-15H2,1-2H3. The number of rotatable bonds is 5. The van der Waals surface area contributed by atoms with E-state index in [1.54, 1.807) is 29.5 Å². The second kappa shape index (κ2) is 10.1. The third-order valence-corrected chi connectivity index (χ3v) is 8.41. The third kappa shape index (κ3) is 5.01. The van der Waals surface area contributed by atoms with Gasteiger partial charge in [0.15, 0.2) is 0 Å². The van der Waals surface area contributed by atoms with Crippen LogP contribution in [-0.2, 0) is 12.8 Å². The van der Waals surface area contributed by atoms with Crippen LogP contribution >= 0.6 is 34.5 Å². The van der Waals surface area contributed by atoms with Crippen LogP contribution in [0.25, 0.3) is 10.2 Å². The topological polar surface area (TPSA) is 49.3 Å². The molecule has 0 saturated carbocycles. The van der Waals surface area contributed by atoms with Crippen molar-refractivity contribution in [2.45, 2.75) is 26.7 Å². The predicted molar refractivity (Wildman–Crippen MR) is 145 cm³/mol. The molecule has 0 N–H and O–H groups in total. The summed E-state index contributed by atoms with van der Waals surface area (Å²) in [7, 11) is 0. The fraction of sp³-hybridized carbons (Fsp3) is 0.296. The minimum absolute atomic E-state index is 0.0258. The van der Waals surface area contributed by atoms with E-state index in [9.17, 15) is 4.79 Å². The molecule has 2 aromatic heterocycles. The monoisotopic (exact) mass is 524 g/mol. The van der Waals surface area contributed by atoms with Gasteiger partial charge in [-0.25, -0.2) is 9.97 Å². The molecule has 0 radical (unpaired) electrons. The Morgan fingerprint density at radius 3 is 2.40 bits per heavy atom. The summed E-state index contributed by atoms with van der Waals surface area (Å²) in [4.78, 5) is 29.5. The zero-order valence-corrected chi connectivity index (χ0v) is 22.1. The lowest BCUT2D eigenvalue weighted by atomic mass is 10.1. The number of benzene rings is 2. The van der Waals surface area contributed by atoms with E-state index in [-0.39, 0.29) is 5.91 Å². The van der Waals surface area contributed by atoms with Gasteiger partial charge in [0.2, 0.25) is 0 Å². The van der Waals surface area contributed by atoms with Crippen LogP contribution in [0.4, 0.5) is 5.82 Å². The van der Waals surface area contributed by atoms with Crippen molar-refractivity contribution in [1.29, 1.82) is 0 Å². The van der Waals surface area contributed by atoms with Gasteiger partial charge in [0.05, 0.1) is 15.4 Å². The van der Waals surface area contributed by atoms with Crippen LogP contribution in [-0.4, -0.2) is 47.0 Å². The SMILES string of the molecule is Cc1sc2nc(CCc3ccccc3)nc(N3CCN(C(=O)c4ccc(Cl)c(Cl)c4)CC3)c2c1C. The molecule has 180 valence electrons. The number of hydrogen-bond donors (Lipinski definition) is 0. The van der Waals surface area contributed by atoms with E-state index < -0.39 is 0 Å². The molecule has 1 fully saturated rings. The van der Waals surface area contributed by atoms with Crippen molar-refractivity contribution >= 4 is 56.5 Å². The average molecular weight is 526 g/mol. The van der Waals surface area contributed by atoms with Crippen LogP contribution in [0.2, 0.25) is 10.0 Å². The van der Waals surface area contributed by atoms with E-state index >= 15 is 0 Å². The first-order valence-corrected chi connectivity index (χ1v) is 13.3. The van der Waals surface area contributed by atoms with Crippen molar-refractivity contribution < 1.29 is 4.79 Å². The van der Waals surface area contributed by atoms with E-state index in [0.717, 1.165) is 34.7 Å². The predicted octanol–water partition coefficient (Wildman–Crippen LogP) is 6.36. The maximum atomic E-state index is 13.0. The molecule has 8 heteroatoms. The molecule has 1 saturated heterocycles. The first kappa shape index (κ1) is 24.0. The summed E-state index contributed by atoms with van der Waals surface area (Å²) in [6.07, 6.45) is 1.69. The highest BCUT2D eigenvalue weighted by molar-refractivity contribution is 7.18. The summed E-state index contributed by atoms with van der Waals surface area (Å²) in [5, 5.41) is 1.98. The molecule has 2 aromatic carbocycles. The Bertz CT molecular complexity index is 1380. The Morgan fingerprint density at radius 2 is 1.69 bits per heavy atom. The number of thiophene rings is 1. The highest BCUT2D eigenvalue weighted by atomic mass is 35.5. The Hall–Kier alpha value is -2.67. The molecule has 1 amide bonds. The molecule has 0 spiro atoms. The Balaban J connectivity index is 1.37. The van der Waals surface area contributed by atoms with Gasteiger partial charge >= 0.3 is 0 Å². The molecule has 5 rings (SSSR count). The minimum Gasteiger partial charge on any atom is -0.352 e. The number of hydrogen-bond acceptors (Lipinski definition) is 5. The number of fused-ring (bicyclic) bond motifs is 1. The van der Waals surface area contributed by atoms with Gasteiger partial charge in [-0.15, -0.1) is 11.3 Å². The van der Waals surface area contributed by atoms with Gasteiger partial charge in [-0.2, -0.15) is 0 Å². The summed E-state index contributed by atoms with van der Waals surface area (Å²) in [6.45, 7) is 6.95. The van der Waals surface area contributed by atoms with Crippen LogP contribution in [0.15, 0.2) is 48.5 Å². The Labute approximate surface area is 219 Å². The lowest BCUT2D eigenvalue weighted by Gasteiger charge is -2.36. The van der Waals surface area contributed by atoms with Crippen molar-refractivity contribution in [2.75, 3.05) is 31.1 Å². The van der Waals surface area contributed by atoms with Crippen molar-refractivity contribution in [3.8, 4) is 0 Å². The molecule has 0 atom stereocenters. The van der Waals surface area contributed by atoms with Crippen molar-refractivity contribution in [3.05, 3.63) is 86.0 Å². The van der Waals surface area contributed by atoms with Crippen molar-refractivity contribution in [3.63, 3.8) is 0 Å². The van der Waals surface area contributed by atoms with Gasteiger partial charge in [-0.05, 0) is 49.6 Å². The molecule has 0 bridgehead atoms. The number of piperazine rings is 1. The molecular weight excluding hydrogens is 499 g/mol. The zero-order chi connectivity index (χ0) is 24.5. The molecule has 0 unspecified atom stereocenters. The summed E-state index contributed by atoms with van der Waals surface area (Å²) in [5.41, 5.74) is 3.08. The lowest BCUT2D eigenvalue weighted by molar-refractivity contribution is 0.0746. The van der Waals surface area contributed by atoms with Gasteiger partial charge < -0.3 is 9.80 Å². The summed E-state index contributed by atoms with van der Waals surface area (Å²) >= 11 is 13.9. The highest BCUT2D eigenvalue weighted by Gasteiger charge is 2.26. The summed E-state index contributed by atoms with van der Waals surface area (Å²) in [6, 6.07) is 15.5. The number of aromatic nitrogens is 2. The van der Waals surface area contributed by atoms with Crippen LogP contribution in [0, 0.1) is 13.8 Å². The fourth-order valence-electron chi connectivity index (χ4n) is 4.45. The second-order valence-electron chi connectivity index (χ2n) is 8.82. The molecule has 5 nitrogen and oxygen atoms in total. The van der Waals surface area contributed by atoms with Gasteiger partial charge in [0, 0.05) is 43.0 Å². The first-order valence-electron chi connectivity index (χ1n) is 11.7. The molecule has 35 heavy (non-hydrogen) atoms.